The lowest BCUT2D eigenvalue weighted by atomic mass is 9.97. The van der Waals surface area contributed by atoms with Crippen molar-refractivity contribution in [2.75, 3.05) is 6.54 Å². The van der Waals surface area contributed by atoms with Gasteiger partial charge in [-0.1, -0.05) is 49.4 Å². The second-order valence-corrected chi connectivity index (χ2v) is 5.08. The van der Waals surface area contributed by atoms with E-state index in [0.29, 0.717) is 0 Å². The molecule has 0 saturated carbocycles. The Balaban J connectivity index is 1.95. The van der Waals surface area contributed by atoms with Crippen molar-refractivity contribution in [2.24, 2.45) is 0 Å². The van der Waals surface area contributed by atoms with Crippen molar-refractivity contribution in [3.63, 3.8) is 0 Å². The maximum Gasteiger partial charge on any atom is 0.0759 e. The summed E-state index contributed by atoms with van der Waals surface area (Å²) in [7, 11) is 0. The average molecular weight is 277 g/mol. The van der Waals surface area contributed by atoms with Gasteiger partial charge in [0.25, 0.3) is 0 Å². The quantitative estimate of drug-likeness (QED) is 0.775. The molecular formula is C18H19N3. The standard InChI is InChI=1S/C18H19N3/c1-2-20-17(18-13-19-10-11-21-18)12-15-8-5-7-14-6-3-4-9-16(14)15/h3-11,13,17,20H,2,12H2,1H3. The van der Waals surface area contributed by atoms with Crippen LogP contribution in [0.4, 0.5) is 0 Å². The van der Waals surface area contributed by atoms with Gasteiger partial charge in [0.2, 0.25) is 0 Å². The first kappa shape index (κ1) is 13.7. The predicted molar refractivity (Wildman–Crippen MR) is 86.1 cm³/mol. The SMILES string of the molecule is CCNC(Cc1cccc2ccccc12)c1cnccn1. The Kier molecular flexibility index (Phi) is 4.22. The first-order valence-corrected chi connectivity index (χ1v) is 7.34. The fourth-order valence-corrected chi connectivity index (χ4v) is 2.71. The third-order valence-corrected chi connectivity index (χ3v) is 3.69. The number of hydrogen-bond acceptors (Lipinski definition) is 3. The molecule has 0 aliphatic rings. The second-order valence-electron chi connectivity index (χ2n) is 5.08. The summed E-state index contributed by atoms with van der Waals surface area (Å²) in [6, 6.07) is 15.2. The highest BCUT2D eigenvalue weighted by atomic mass is 14.9. The summed E-state index contributed by atoms with van der Waals surface area (Å²) in [5.74, 6) is 0. The van der Waals surface area contributed by atoms with E-state index in [0.717, 1.165) is 18.7 Å². The van der Waals surface area contributed by atoms with Gasteiger partial charge in [0, 0.05) is 18.6 Å². The molecule has 0 fully saturated rings. The van der Waals surface area contributed by atoms with Crippen LogP contribution < -0.4 is 5.32 Å². The van der Waals surface area contributed by atoms with Crippen LogP contribution in [0.5, 0.6) is 0 Å². The third-order valence-electron chi connectivity index (χ3n) is 3.69. The van der Waals surface area contributed by atoms with Crippen molar-refractivity contribution in [1.82, 2.24) is 15.3 Å². The summed E-state index contributed by atoms with van der Waals surface area (Å²) in [6.45, 7) is 3.03. The summed E-state index contributed by atoms with van der Waals surface area (Å²) in [5, 5.41) is 6.10. The molecule has 0 bridgehead atoms. The average Bonchev–Trinajstić information content (AvgIpc) is 2.55. The van der Waals surface area contributed by atoms with Crippen LogP contribution in [0.3, 0.4) is 0 Å². The zero-order valence-corrected chi connectivity index (χ0v) is 12.2. The first-order valence-electron chi connectivity index (χ1n) is 7.34. The van der Waals surface area contributed by atoms with Gasteiger partial charge in [0.1, 0.15) is 0 Å². The van der Waals surface area contributed by atoms with Crippen molar-refractivity contribution in [3.8, 4) is 0 Å². The van der Waals surface area contributed by atoms with E-state index in [1.807, 2.05) is 6.20 Å². The Morgan fingerprint density at radius 2 is 1.90 bits per heavy atom. The van der Waals surface area contributed by atoms with Crippen LogP contribution in [0.1, 0.15) is 24.2 Å². The molecule has 1 atom stereocenters. The van der Waals surface area contributed by atoms with Gasteiger partial charge in [-0.25, -0.2) is 0 Å². The smallest absolute Gasteiger partial charge is 0.0759 e. The Hall–Kier alpha value is -2.26. The van der Waals surface area contributed by atoms with Crippen LogP contribution in [-0.4, -0.2) is 16.5 Å². The molecule has 1 heterocycles. The molecule has 0 radical (unpaired) electrons. The van der Waals surface area contributed by atoms with Crippen molar-refractivity contribution >= 4 is 10.8 Å². The minimum atomic E-state index is 0.189. The van der Waals surface area contributed by atoms with E-state index >= 15 is 0 Å². The maximum absolute atomic E-state index is 4.45. The van der Waals surface area contributed by atoms with Crippen molar-refractivity contribution in [1.29, 1.82) is 0 Å². The molecule has 1 N–H and O–H groups in total. The van der Waals surface area contributed by atoms with E-state index in [9.17, 15) is 0 Å². The largest absolute Gasteiger partial charge is 0.309 e. The maximum atomic E-state index is 4.45. The predicted octanol–water partition coefficient (Wildman–Crippen LogP) is 3.52. The van der Waals surface area contributed by atoms with Gasteiger partial charge in [-0.05, 0) is 29.3 Å². The molecule has 0 aliphatic carbocycles. The van der Waals surface area contributed by atoms with Crippen molar-refractivity contribution in [3.05, 3.63) is 72.3 Å². The summed E-state index contributed by atoms with van der Waals surface area (Å²) < 4.78 is 0. The van der Waals surface area contributed by atoms with Gasteiger partial charge >= 0.3 is 0 Å². The van der Waals surface area contributed by atoms with Crippen molar-refractivity contribution < 1.29 is 0 Å². The van der Waals surface area contributed by atoms with E-state index < -0.39 is 0 Å². The molecule has 0 spiro atoms. The highest BCUT2D eigenvalue weighted by Gasteiger charge is 2.14. The Bertz CT molecular complexity index is 704. The number of nitrogens with one attached hydrogen (secondary N) is 1. The van der Waals surface area contributed by atoms with Crippen LogP contribution in [0.15, 0.2) is 61.1 Å². The van der Waals surface area contributed by atoms with Gasteiger partial charge in [0.15, 0.2) is 0 Å². The molecule has 3 nitrogen and oxygen atoms in total. The van der Waals surface area contributed by atoms with Crippen LogP contribution in [0, 0.1) is 0 Å². The van der Waals surface area contributed by atoms with Gasteiger partial charge < -0.3 is 5.32 Å². The van der Waals surface area contributed by atoms with Gasteiger partial charge in [0.05, 0.1) is 11.7 Å². The second kappa shape index (κ2) is 6.46. The zero-order valence-electron chi connectivity index (χ0n) is 12.2. The Morgan fingerprint density at radius 3 is 2.71 bits per heavy atom. The lowest BCUT2D eigenvalue weighted by Gasteiger charge is -2.18. The first-order chi connectivity index (χ1) is 10.4. The van der Waals surface area contributed by atoms with Gasteiger partial charge in [-0.2, -0.15) is 0 Å². The third kappa shape index (κ3) is 3.09. The molecule has 21 heavy (non-hydrogen) atoms. The molecular weight excluding hydrogens is 258 g/mol. The number of likely N-dealkylation sites (N-methyl/N-ethyl adjacent to an activating group) is 1. The minimum absolute atomic E-state index is 0.189. The lowest BCUT2D eigenvalue weighted by molar-refractivity contribution is 0.536. The number of rotatable bonds is 5. The Morgan fingerprint density at radius 1 is 1.05 bits per heavy atom. The molecule has 0 saturated heterocycles. The Labute approximate surface area is 125 Å². The number of aromatic nitrogens is 2. The highest BCUT2D eigenvalue weighted by Crippen LogP contribution is 2.23. The molecule has 3 rings (SSSR count). The zero-order chi connectivity index (χ0) is 14.5. The normalized spacial score (nSPS) is 12.4. The van der Waals surface area contributed by atoms with E-state index in [4.69, 9.17) is 0 Å². The van der Waals surface area contributed by atoms with Crippen LogP contribution >= 0.6 is 0 Å². The molecule has 0 aliphatic heterocycles. The molecule has 3 heteroatoms. The molecule has 1 aromatic heterocycles. The number of hydrogen-bond donors (Lipinski definition) is 1. The topological polar surface area (TPSA) is 37.8 Å². The molecule has 3 aromatic rings. The summed E-state index contributed by atoms with van der Waals surface area (Å²) in [5.41, 5.74) is 2.33. The number of fused-ring (bicyclic) bond motifs is 1. The summed E-state index contributed by atoms with van der Waals surface area (Å²) in [4.78, 5) is 8.64. The lowest BCUT2D eigenvalue weighted by Crippen LogP contribution is -2.24. The summed E-state index contributed by atoms with van der Waals surface area (Å²) >= 11 is 0. The fourth-order valence-electron chi connectivity index (χ4n) is 2.71. The monoisotopic (exact) mass is 277 g/mol. The van der Waals surface area contributed by atoms with E-state index in [1.54, 1.807) is 12.4 Å². The molecule has 106 valence electrons. The highest BCUT2D eigenvalue weighted by molar-refractivity contribution is 5.85. The number of benzene rings is 2. The van der Waals surface area contributed by atoms with E-state index in [-0.39, 0.29) is 6.04 Å². The van der Waals surface area contributed by atoms with Gasteiger partial charge in [-0.3, -0.25) is 9.97 Å². The molecule has 1 unspecified atom stereocenters. The minimum Gasteiger partial charge on any atom is -0.309 e. The van der Waals surface area contributed by atoms with Crippen molar-refractivity contribution in [2.45, 2.75) is 19.4 Å². The van der Waals surface area contributed by atoms with Crippen LogP contribution in [0.25, 0.3) is 10.8 Å². The van der Waals surface area contributed by atoms with Crippen LogP contribution in [-0.2, 0) is 6.42 Å². The number of nitrogens with zero attached hydrogens (tertiary/aromatic N) is 2. The van der Waals surface area contributed by atoms with E-state index in [2.05, 4.69) is 64.7 Å². The van der Waals surface area contributed by atoms with Crippen LogP contribution in [0.2, 0.25) is 0 Å². The van der Waals surface area contributed by atoms with E-state index in [1.165, 1.54) is 16.3 Å². The molecule has 0 amide bonds. The summed E-state index contributed by atoms with van der Waals surface area (Å²) in [6.07, 6.45) is 6.22. The fraction of sp³-hybridized carbons (Fsp3) is 0.222. The van der Waals surface area contributed by atoms with Gasteiger partial charge in [-0.15, -0.1) is 0 Å². The molecule has 2 aromatic carbocycles.